The number of esters is 1. The van der Waals surface area contributed by atoms with Gasteiger partial charge in [-0.15, -0.1) is 0 Å². The first kappa shape index (κ1) is 7.84. The molecule has 0 unspecified atom stereocenters. The molecule has 0 aromatic heterocycles. The van der Waals surface area contributed by atoms with E-state index in [0.29, 0.717) is 12.8 Å². The lowest BCUT2D eigenvalue weighted by Gasteiger charge is -2.11. The molecule has 2 amide bonds. The van der Waals surface area contributed by atoms with Crippen molar-refractivity contribution in [3.63, 3.8) is 0 Å². The molecule has 0 aromatic carbocycles. The van der Waals surface area contributed by atoms with Crippen molar-refractivity contribution in [2.24, 2.45) is 5.73 Å². The van der Waals surface area contributed by atoms with Gasteiger partial charge in [-0.1, -0.05) is 0 Å². The Morgan fingerprint density at radius 2 is 2.09 bits per heavy atom. The number of nitrogens with two attached hydrogens (primary N) is 1. The molecular formula is C6H10N2O3. The predicted molar refractivity (Wildman–Crippen MR) is 36.7 cm³/mol. The second-order valence-electron chi connectivity index (χ2n) is 2.56. The molecule has 5 heteroatoms. The van der Waals surface area contributed by atoms with Gasteiger partial charge in [0.05, 0.1) is 7.11 Å². The quantitative estimate of drug-likeness (QED) is 0.524. The Morgan fingerprint density at radius 1 is 1.55 bits per heavy atom. The Hall–Kier alpha value is -1.26. The molecule has 1 fully saturated rings. The third kappa shape index (κ3) is 1.42. The van der Waals surface area contributed by atoms with Crippen molar-refractivity contribution in [2.45, 2.75) is 18.4 Å². The third-order valence-electron chi connectivity index (χ3n) is 1.69. The minimum Gasteiger partial charge on any atom is -0.467 e. The molecule has 0 aromatic rings. The third-order valence-corrected chi connectivity index (χ3v) is 1.69. The van der Waals surface area contributed by atoms with Crippen LogP contribution in [0.25, 0.3) is 0 Å². The molecule has 1 saturated carbocycles. The topological polar surface area (TPSA) is 81.4 Å². The van der Waals surface area contributed by atoms with Gasteiger partial charge in [0.15, 0.2) is 0 Å². The van der Waals surface area contributed by atoms with Gasteiger partial charge in [-0.25, -0.2) is 9.59 Å². The molecule has 1 aliphatic rings. The zero-order valence-electron chi connectivity index (χ0n) is 6.22. The van der Waals surface area contributed by atoms with Crippen molar-refractivity contribution in [3.05, 3.63) is 0 Å². The molecule has 0 bridgehead atoms. The summed E-state index contributed by atoms with van der Waals surface area (Å²) < 4.78 is 4.47. The van der Waals surface area contributed by atoms with E-state index in [1.807, 2.05) is 0 Å². The molecule has 0 saturated heterocycles. The fourth-order valence-electron chi connectivity index (χ4n) is 0.936. The van der Waals surface area contributed by atoms with Crippen molar-refractivity contribution in [3.8, 4) is 0 Å². The second-order valence-corrected chi connectivity index (χ2v) is 2.56. The van der Waals surface area contributed by atoms with Crippen LogP contribution < -0.4 is 11.1 Å². The van der Waals surface area contributed by atoms with Gasteiger partial charge in [-0.05, 0) is 12.8 Å². The van der Waals surface area contributed by atoms with Crippen LogP contribution in [0, 0.1) is 0 Å². The van der Waals surface area contributed by atoms with E-state index >= 15 is 0 Å². The molecule has 0 radical (unpaired) electrons. The molecule has 0 atom stereocenters. The molecule has 0 aliphatic heterocycles. The molecule has 1 rings (SSSR count). The maximum Gasteiger partial charge on any atom is 0.331 e. The normalized spacial score (nSPS) is 18.6. The molecule has 5 nitrogen and oxygen atoms in total. The number of hydrogen-bond donors (Lipinski definition) is 2. The SMILES string of the molecule is COC(=O)C1(NC(N)=O)CC1. The van der Waals surface area contributed by atoms with Crippen LogP contribution in [0.3, 0.4) is 0 Å². The van der Waals surface area contributed by atoms with Gasteiger partial charge in [-0.2, -0.15) is 0 Å². The van der Waals surface area contributed by atoms with E-state index in [1.54, 1.807) is 0 Å². The van der Waals surface area contributed by atoms with Gasteiger partial charge in [0.2, 0.25) is 0 Å². The Morgan fingerprint density at radius 3 is 2.36 bits per heavy atom. The largest absolute Gasteiger partial charge is 0.467 e. The standard InChI is InChI=1S/C6H10N2O3/c1-11-4(9)6(2-3-6)8-5(7)10/h2-3H2,1H3,(H3,7,8,10). The van der Waals surface area contributed by atoms with Crippen molar-refractivity contribution < 1.29 is 14.3 Å². The van der Waals surface area contributed by atoms with Crippen LogP contribution >= 0.6 is 0 Å². The van der Waals surface area contributed by atoms with Crippen LogP contribution in [0.1, 0.15) is 12.8 Å². The summed E-state index contributed by atoms with van der Waals surface area (Å²) in [6, 6.07) is -0.687. The van der Waals surface area contributed by atoms with Crippen LogP contribution in [0.4, 0.5) is 4.79 Å². The first-order chi connectivity index (χ1) is 5.10. The second kappa shape index (κ2) is 2.41. The van der Waals surface area contributed by atoms with Gasteiger partial charge < -0.3 is 15.8 Å². The maximum absolute atomic E-state index is 10.9. The average Bonchev–Trinajstić information content (AvgIpc) is 2.67. The summed E-state index contributed by atoms with van der Waals surface area (Å²) >= 11 is 0. The van der Waals surface area contributed by atoms with Crippen molar-refractivity contribution in [1.29, 1.82) is 0 Å². The highest BCUT2D eigenvalue weighted by molar-refractivity contribution is 5.89. The van der Waals surface area contributed by atoms with Crippen LogP contribution in [0.5, 0.6) is 0 Å². The number of nitrogens with one attached hydrogen (secondary N) is 1. The summed E-state index contributed by atoms with van der Waals surface area (Å²) in [7, 11) is 1.28. The number of urea groups is 1. The molecule has 62 valence electrons. The lowest BCUT2D eigenvalue weighted by Crippen LogP contribution is -2.46. The number of ether oxygens (including phenoxy) is 1. The highest BCUT2D eigenvalue weighted by atomic mass is 16.5. The molecule has 0 heterocycles. The highest BCUT2D eigenvalue weighted by Crippen LogP contribution is 2.36. The van der Waals surface area contributed by atoms with E-state index in [2.05, 4.69) is 10.1 Å². The summed E-state index contributed by atoms with van der Waals surface area (Å²) in [4.78, 5) is 21.3. The number of methoxy groups -OCH3 is 1. The number of rotatable bonds is 2. The van der Waals surface area contributed by atoms with Gasteiger partial charge in [0.25, 0.3) is 0 Å². The zero-order valence-corrected chi connectivity index (χ0v) is 6.22. The molecule has 0 spiro atoms. The number of carbonyl (C=O) groups is 2. The van der Waals surface area contributed by atoms with Crippen molar-refractivity contribution in [1.82, 2.24) is 5.32 Å². The van der Waals surface area contributed by atoms with E-state index in [0.717, 1.165) is 0 Å². The van der Waals surface area contributed by atoms with E-state index in [1.165, 1.54) is 7.11 Å². The van der Waals surface area contributed by atoms with Crippen molar-refractivity contribution >= 4 is 12.0 Å². The Bertz CT molecular complexity index is 198. The van der Waals surface area contributed by atoms with E-state index < -0.39 is 17.5 Å². The lowest BCUT2D eigenvalue weighted by molar-refractivity contribution is -0.144. The Labute approximate surface area is 63.9 Å². The predicted octanol–water partition coefficient (Wildman–Crippen LogP) is -0.640. The van der Waals surface area contributed by atoms with E-state index in [9.17, 15) is 9.59 Å². The molecule has 3 N–H and O–H groups in total. The summed E-state index contributed by atoms with van der Waals surface area (Å²) in [6.45, 7) is 0. The van der Waals surface area contributed by atoms with Gasteiger partial charge >= 0.3 is 12.0 Å². The van der Waals surface area contributed by atoms with Crippen LogP contribution in [0.2, 0.25) is 0 Å². The maximum atomic E-state index is 10.9. The van der Waals surface area contributed by atoms with Gasteiger partial charge in [0, 0.05) is 0 Å². The van der Waals surface area contributed by atoms with E-state index in [4.69, 9.17) is 5.73 Å². The minimum atomic E-state index is -0.805. The zero-order chi connectivity index (χ0) is 8.48. The van der Waals surface area contributed by atoms with Gasteiger partial charge in [0.1, 0.15) is 5.54 Å². The minimum absolute atomic E-state index is 0.420. The first-order valence-electron chi connectivity index (χ1n) is 3.27. The molecule has 11 heavy (non-hydrogen) atoms. The van der Waals surface area contributed by atoms with Crippen molar-refractivity contribution in [2.75, 3.05) is 7.11 Å². The smallest absolute Gasteiger partial charge is 0.331 e. The average molecular weight is 158 g/mol. The Balaban J connectivity index is 2.53. The van der Waals surface area contributed by atoms with Crippen LogP contribution in [0.15, 0.2) is 0 Å². The summed E-state index contributed by atoms with van der Waals surface area (Å²) in [6.07, 6.45) is 1.23. The molecular weight excluding hydrogens is 148 g/mol. The fraction of sp³-hybridized carbons (Fsp3) is 0.667. The number of amides is 2. The summed E-state index contributed by atoms with van der Waals surface area (Å²) in [5.74, 6) is -0.420. The fourth-order valence-corrected chi connectivity index (χ4v) is 0.936. The van der Waals surface area contributed by atoms with E-state index in [-0.39, 0.29) is 0 Å². The Kier molecular flexibility index (Phi) is 1.72. The highest BCUT2D eigenvalue weighted by Gasteiger charge is 2.52. The summed E-state index contributed by atoms with van der Waals surface area (Å²) in [5, 5.41) is 2.35. The molecule has 1 aliphatic carbocycles. The number of hydrogen-bond acceptors (Lipinski definition) is 3. The van der Waals surface area contributed by atoms with Crippen LogP contribution in [-0.4, -0.2) is 24.6 Å². The monoisotopic (exact) mass is 158 g/mol. The van der Waals surface area contributed by atoms with Gasteiger partial charge in [-0.3, -0.25) is 0 Å². The van der Waals surface area contributed by atoms with Crippen LogP contribution in [-0.2, 0) is 9.53 Å². The number of primary amides is 1. The first-order valence-corrected chi connectivity index (χ1v) is 3.27. The number of carbonyl (C=O) groups excluding carboxylic acids is 2. The lowest BCUT2D eigenvalue weighted by atomic mass is 10.3. The summed E-state index contributed by atoms with van der Waals surface area (Å²) in [5.41, 5.74) is 4.05.